The quantitative estimate of drug-likeness (QED) is 0.804. The minimum Gasteiger partial charge on any atom is -0.342 e. The standard InChI is InChI=1S/C18H25ClN2O3S/c1-14-6-10-20(11-7-14)18(22)15-8-12-21(13-9-15)25(23,24)17-4-2-16(19)3-5-17/h2-5,14-15H,6-13H2,1H3. The second-order valence-corrected chi connectivity index (χ2v) is 9.51. The molecule has 0 radical (unpaired) electrons. The van der Waals surface area contributed by atoms with Gasteiger partial charge in [0.05, 0.1) is 4.90 Å². The molecule has 0 N–H and O–H groups in total. The number of piperidine rings is 2. The van der Waals surface area contributed by atoms with Crippen molar-refractivity contribution >= 4 is 27.5 Å². The molecule has 1 aromatic rings. The first-order valence-corrected chi connectivity index (χ1v) is 10.7. The van der Waals surface area contributed by atoms with Crippen molar-refractivity contribution in [1.82, 2.24) is 9.21 Å². The molecule has 2 aliphatic heterocycles. The van der Waals surface area contributed by atoms with Gasteiger partial charge < -0.3 is 4.90 Å². The van der Waals surface area contributed by atoms with E-state index in [-0.39, 0.29) is 16.7 Å². The van der Waals surface area contributed by atoms with Crippen LogP contribution in [0.25, 0.3) is 0 Å². The molecule has 0 saturated carbocycles. The maximum atomic E-state index is 12.7. The monoisotopic (exact) mass is 384 g/mol. The summed E-state index contributed by atoms with van der Waals surface area (Å²) in [5, 5.41) is 0.513. The summed E-state index contributed by atoms with van der Waals surface area (Å²) in [5.41, 5.74) is 0. The highest BCUT2D eigenvalue weighted by molar-refractivity contribution is 7.89. The summed E-state index contributed by atoms with van der Waals surface area (Å²) in [6, 6.07) is 6.23. The summed E-state index contributed by atoms with van der Waals surface area (Å²) >= 11 is 5.83. The molecule has 5 nitrogen and oxygen atoms in total. The molecule has 1 aromatic carbocycles. The van der Waals surface area contributed by atoms with Crippen LogP contribution >= 0.6 is 11.6 Å². The van der Waals surface area contributed by atoms with E-state index in [0.717, 1.165) is 25.9 Å². The van der Waals surface area contributed by atoms with Gasteiger partial charge in [-0.25, -0.2) is 8.42 Å². The lowest BCUT2D eigenvalue weighted by Crippen LogP contribution is -2.46. The Labute approximate surface area is 155 Å². The molecule has 3 rings (SSSR count). The predicted octanol–water partition coefficient (Wildman–Crippen LogP) is 3.00. The van der Waals surface area contributed by atoms with Gasteiger partial charge in [0.25, 0.3) is 0 Å². The normalized spacial score (nSPS) is 21.4. The van der Waals surface area contributed by atoms with Crippen LogP contribution < -0.4 is 0 Å². The number of sulfonamides is 1. The van der Waals surface area contributed by atoms with Gasteiger partial charge in [-0.05, 0) is 55.9 Å². The van der Waals surface area contributed by atoms with Crippen molar-refractivity contribution in [3.63, 3.8) is 0 Å². The van der Waals surface area contributed by atoms with Gasteiger partial charge in [0, 0.05) is 37.1 Å². The number of carbonyl (C=O) groups excluding carboxylic acids is 1. The van der Waals surface area contributed by atoms with Crippen LogP contribution in [-0.2, 0) is 14.8 Å². The van der Waals surface area contributed by atoms with E-state index in [1.54, 1.807) is 12.1 Å². The fourth-order valence-electron chi connectivity index (χ4n) is 3.59. The van der Waals surface area contributed by atoms with Crippen molar-refractivity contribution in [2.45, 2.75) is 37.5 Å². The van der Waals surface area contributed by atoms with E-state index in [1.165, 1.54) is 16.4 Å². The first-order chi connectivity index (χ1) is 11.9. The Morgan fingerprint density at radius 3 is 2.12 bits per heavy atom. The summed E-state index contributed by atoms with van der Waals surface area (Å²) in [4.78, 5) is 14.9. The lowest BCUT2D eigenvalue weighted by atomic mass is 9.93. The summed E-state index contributed by atoms with van der Waals surface area (Å²) in [5.74, 6) is 0.843. The highest BCUT2D eigenvalue weighted by Crippen LogP contribution is 2.27. The molecule has 1 amide bonds. The second-order valence-electron chi connectivity index (χ2n) is 7.14. The molecule has 2 heterocycles. The molecule has 0 aliphatic carbocycles. The number of rotatable bonds is 3. The number of halogens is 1. The van der Waals surface area contributed by atoms with Crippen LogP contribution in [0, 0.1) is 11.8 Å². The van der Waals surface area contributed by atoms with E-state index in [4.69, 9.17) is 11.6 Å². The largest absolute Gasteiger partial charge is 0.342 e. The zero-order valence-electron chi connectivity index (χ0n) is 14.5. The van der Waals surface area contributed by atoms with Crippen LogP contribution in [0.3, 0.4) is 0 Å². The molecular formula is C18H25ClN2O3S. The Morgan fingerprint density at radius 2 is 1.56 bits per heavy atom. The Kier molecular flexibility index (Phi) is 5.71. The number of hydrogen-bond donors (Lipinski definition) is 0. The fraction of sp³-hybridized carbons (Fsp3) is 0.611. The van der Waals surface area contributed by atoms with Crippen molar-refractivity contribution in [2.75, 3.05) is 26.2 Å². The van der Waals surface area contributed by atoms with E-state index in [2.05, 4.69) is 6.92 Å². The molecular weight excluding hydrogens is 360 g/mol. The zero-order valence-corrected chi connectivity index (χ0v) is 16.1. The number of hydrogen-bond acceptors (Lipinski definition) is 3. The molecule has 7 heteroatoms. The van der Waals surface area contributed by atoms with Crippen LogP contribution in [0.15, 0.2) is 29.2 Å². The van der Waals surface area contributed by atoms with Gasteiger partial charge in [0.2, 0.25) is 15.9 Å². The maximum Gasteiger partial charge on any atom is 0.243 e. The Bertz CT molecular complexity index is 704. The summed E-state index contributed by atoms with van der Waals surface area (Å²) in [6.07, 6.45) is 3.32. The average Bonchev–Trinajstić information content (AvgIpc) is 2.62. The van der Waals surface area contributed by atoms with Crippen LogP contribution in [0.4, 0.5) is 0 Å². The first-order valence-electron chi connectivity index (χ1n) is 8.92. The molecule has 2 saturated heterocycles. The van der Waals surface area contributed by atoms with E-state index < -0.39 is 10.0 Å². The van der Waals surface area contributed by atoms with Crippen molar-refractivity contribution < 1.29 is 13.2 Å². The molecule has 2 fully saturated rings. The molecule has 2 aliphatic rings. The van der Waals surface area contributed by atoms with Crippen LogP contribution in [0.1, 0.15) is 32.6 Å². The number of likely N-dealkylation sites (tertiary alicyclic amines) is 1. The molecule has 0 aromatic heterocycles. The van der Waals surface area contributed by atoms with Gasteiger partial charge in [-0.15, -0.1) is 0 Å². The Hall–Kier alpha value is -1.11. The van der Waals surface area contributed by atoms with E-state index >= 15 is 0 Å². The third-order valence-electron chi connectivity index (χ3n) is 5.35. The summed E-state index contributed by atoms with van der Waals surface area (Å²) < 4.78 is 26.9. The van der Waals surface area contributed by atoms with E-state index in [9.17, 15) is 13.2 Å². The van der Waals surface area contributed by atoms with Gasteiger partial charge in [-0.1, -0.05) is 18.5 Å². The van der Waals surface area contributed by atoms with Gasteiger partial charge in [0.1, 0.15) is 0 Å². The third kappa shape index (κ3) is 4.18. The zero-order chi connectivity index (χ0) is 18.0. The Balaban J connectivity index is 1.59. The highest BCUT2D eigenvalue weighted by Gasteiger charge is 2.34. The molecule has 0 unspecified atom stereocenters. The third-order valence-corrected chi connectivity index (χ3v) is 7.51. The molecule has 25 heavy (non-hydrogen) atoms. The topological polar surface area (TPSA) is 57.7 Å². The van der Waals surface area contributed by atoms with Crippen molar-refractivity contribution in [2.24, 2.45) is 11.8 Å². The predicted molar refractivity (Wildman–Crippen MR) is 97.9 cm³/mol. The van der Waals surface area contributed by atoms with Crippen LogP contribution in [0.5, 0.6) is 0 Å². The van der Waals surface area contributed by atoms with E-state index in [1.807, 2.05) is 4.90 Å². The fourth-order valence-corrected chi connectivity index (χ4v) is 5.18. The van der Waals surface area contributed by atoms with Crippen molar-refractivity contribution in [3.8, 4) is 0 Å². The second kappa shape index (κ2) is 7.64. The number of benzene rings is 1. The number of amides is 1. The molecule has 138 valence electrons. The number of carbonyl (C=O) groups is 1. The minimum atomic E-state index is -3.51. The van der Waals surface area contributed by atoms with Crippen LogP contribution in [0.2, 0.25) is 5.02 Å². The van der Waals surface area contributed by atoms with Crippen molar-refractivity contribution in [3.05, 3.63) is 29.3 Å². The minimum absolute atomic E-state index is 0.0509. The van der Waals surface area contributed by atoms with Gasteiger partial charge in [-0.3, -0.25) is 4.79 Å². The van der Waals surface area contributed by atoms with Gasteiger partial charge >= 0.3 is 0 Å². The SMILES string of the molecule is CC1CCN(C(=O)C2CCN(S(=O)(=O)c3ccc(Cl)cc3)CC2)CC1. The summed E-state index contributed by atoms with van der Waals surface area (Å²) in [7, 11) is -3.51. The summed E-state index contributed by atoms with van der Waals surface area (Å²) in [6.45, 7) is 4.69. The van der Waals surface area contributed by atoms with Crippen LogP contribution in [-0.4, -0.2) is 49.7 Å². The molecule has 0 atom stereocenters. The lowest BCUT2D eigenvalue weighted by molar-refractivity contribution is -0.138. The van der Waals surface area contributed by atoms with E-state index in [0.29, 0.717) is 36.9 Å². The number of nitrogens with zero attached hydrogens (tertiary/aromatic N) is 2. The van der Waals surface area contributed by atoms with Crippen molar-refractivity contribution in [1.29, 1.82) is 0 Å². The first kappa shape index (κ1) is 18.7. The maximum absolute atomic E-state index is 12.7. The molecule has 0 bridgehead atoms. The molecule has 0 spiro atoms. The average molecular weight is 385 g/mol. The smallest absolute Gasteiger partial charge is 0.243 e. The Morgan fingerprint density at radius 1 is 1.00 bits per heavy atom. The lowest BCUT2D eigenvalue weighted by Gasteiger charge is -2.36. The highest BCUT2D eigenvalue weighted by atomic mass is 35.5. The van der Waals surface area contributed by atoms with Gasteiger partial charge in [0.15, 0.2) is 0 Å². The van der Waals surface area contributed by atoms with Gasteiger partial charge in [-0.2, -0.15) is 4.31 Å².